The molecular formula is C15H22N2OS. The highest BCUT2D eigenvalue weighted by molar-refractivity contribution is 8.13. The van der Waals surface area contributed by atoms with Crippen LogP contribution in [0.3, 0.4) is 0 Å². The van der Waals surface area contributed by atoms with Crippen molar-refractivity contribution in [1.82, 2.24) is 4.90 Å². The van der Waals surface area contributed by atoms with Gasteiger partial charge in [-0.2, -0.15) is 0 Å². The number of likely N-dealkylation sites (tertiary alicyclic amines) is 1. The summed E-state index contributed by atoms with van der Waals surface area (Å²) in [5.41, 5.74) is 7.68. The van der Waals surface area contributed by atoms with Gasteiger partial charge in [-0.05, 0) is 37.0 Å². The lowest BCUT2D eigenvalue weighted by Gasteiger charge is -2.19. The number of hydrogen-bond donors (Lipinski definition) is 1. The normalized spacial score (nSPS) is 16.1. The maximum Gasteiger partial charge on any atom is 0.281 e. The second kappa shape index (κ2) is 7.43. The van der Waals surface area contributed by atoms with E-state index in [1.54, 1.807) is 0 Å². The molecule has 0 aliphatic carbocycles. The number of amides is 1. The number of anilines is 1. The molecule has 1 aliphatic heterocycles. The van der Waals surface area contributed by atoms with Crippen LogP contribution >= 0.6 is 11.8 Å². The zero-order chi connectivity index (χ0) is 13.5. The SMILES string of the molecule is Nc1ccc(CCSC(=O)N2CCCCCC2)cc1. The van der Waals surface area contributed by atoms with Gasteiger partial charge in [0.2, 0.25) is 0 Å². The molecule has 0 aromatic heterocycles. The highest BCUT2D eigenvalue weighted by atomic mass is 32.2. The van der Waals surface area contributed by atoms with Gasteiger partial charge in [0.05, 0.1) is 0 Å². The second-order valence-corrected chi connectivity index (χ2v) is 6.05. The third-order valence-electron chi connectivity index (χ3n) is 3.46. The van der Waals surface area contributed by atoms with Crippen molar-refractivity contribution in [3.8, 4) is 0 Å². The van der Waals surface area contributed by atoms with Crippen LogP contribution in [-0.2, 0) is 6.42 Å². The number of carbonyl (C=O) groups is 1. The van der Waals surface area contributed by atoms with Gasteiger partial charge in [-0.15, -0.1) is 0 Å². The molecule has 1 heterocycles. The van der Waals surface area contributed by atoms with Crippen LogP contribution in [0.5, 0.6) is 0 Å². The first kappa shape index (κ1) is 14.3. The Morgan fingerprint density at radius 1 is 1.11 bits per heavy atom. The number of hydrogen-bond acceptors (Lipinski definition) is 3. The molecule has 19 heavy (non-hydrogen) atoms. The van der Waals surface area contributed by atoms with E-state index in [4.69, 9.17) is 5.73 Å². The van der Waals surface area contributed by atoms with Gasteiger partial charge in [-0.3, -0.25) is 4.79 Å². The first-order valence-electron chi connectivity index (χ1n) is 7.02. The van der Waals surface area contributed by atoms with Gasteiger partial charge < -0.3 is 10.6 Å². The molecule has 104 valence electrons. The zero-order valence-electron chi connectivity index (χ0n) is 11.3. The van der Waals surface area contributed by atoms with Crippen molar-refractivity contribution in [1.29, 1.82) is 0 Å². The van der Waals surface area contributed by atoms with E-state index >= 15 is 0 Å². The third kappa shape index (κ3) is 4.78. The van der Waals surface area contributed by atoms with Crippen LogP contribution in [0, 0.1) is 0 Å². The van der Waals surface area contributed by atoms with Crippen LogP contribution in [0.15, 0.2) is 24.3 Å². The second-order valence-electron chi connectivity index (χ2n) is 5.01. The minimum atomic E-state index is 0.248. The van der Waals surface area contributed by atoms with E-state index in [9.17, 15) is 4.79 Å². The average molecular weight is 278 g/mol. The molecule has 3 nitrogen and oxygen atoms in total. The van der Waals surface area contributed by atoms with E-state index in [-0.39, 0.29) is 5.24 Å². The molecule has 2 rings (SSSR count). The summed E-state index contributed by atoms with van der Waals surface area (Å²) in [7, 11) is 0. The van der Waals surface area contributed by atoms with Gasteiger partial charge in [-0.25, -0.2) is 0 Å². The largest absolute Gasteiger partial charge is 0.399 e. The summed E-state index contributed by atoms with van der Waals surface area (Å²) in [6.45, 7) is 1.88. The van der Waals surface area contributed by atoms with Crippen LogP contribution in [0.2, 0.25) is 0 Å². The monoisotopic (exact) mass is 278 g/mol. The first-order chi connectivity index (χ1) is 9.25. The standard InChI is InChI=1S/C15H22N2OS/c16-14-7-5-13(6-8-14)9-12-19-15(18)17-10-3-1-2-4-11-17/h5-8H,1-4,9-12,16H2. The van der Waals surface area contributed by atoms with Crippen LogP contribution in [-0.4, -0.2) is 29.0 Å². The van der Waals surface area contributed by atoms with Crippen LogP contribution in [0.4, 0.5) is 10.5 Å². The number of carbonyl (C=O) groups excluding carboxylic acids is 1. The predicted octanol–water partition coefficient (Wildman–Crippen LogP) is 3.54. The smallest absolute Gasteiger partial charge is 0.281 e. The fraction of sp³-hybridized carbons (Fsp3) is 0.533. The molecule has 0 atom stereocenters. The van der Waals surface area contributed by atoms with Crippen LogP contribution < -0.4 is 5.73 Å². The molecule has 1 aromatic carbocycles. The Hall–Kier alpha value is -1.16. The lowest BCUT2D eigenvalue weighted by Crippen LogP contribution is -2.28. The summed E-state index contributed by atoms with van der Waals surface area (Å²) in [4.78, 5) is 14.1. The number of rotatable bonds is 3. The molecule has 0 saturated carbocycles. The van der Waals surface area contributed by atoms with E-state index in [1.165, 1.54) is 30.2 Å². The lowest BCUT2D eigenvalue weighted by molar-refractivity contribution is 0.225. The number of nitrogen functional groups attached to an aromatic ring is 1. The van der Waals surface area contributed by atoms with E-state index in [2.05, 4.69) is 0 Å². The van der Waals surface area contributed by atoms with Gasteiger partial charge in [0.1, 0.15) is 0 Å². The topological polar surface area (TPSA) is 46.3 Å². The van der Waals surface area contributed by atoms with Gasteiger partial charge in [0, 0.05) is 24.5 Å². The van der Waals surface area contributed by atoms with Crippen molar-refractivity contribution >= 4 is 22.7 Å². The summed E-state index contributed by atoms with van der Waals surface area (Å²) in [5.74, 6) is 0.846. The number of benzene rings is 1. The van der Waals surface area contributed by atoms with Gasteiger partial charge in [0.25, 0.3) is 5.24 Å². The lowest BCUT2D eigenvalue weighted by atomic mass is 10.2. The molecule has 2 N–H and O–H groups in total. The predicted molar refractivity (Wildman–Crippen MR) is 82.5 cm³/mol. The third-order valence-corrected chi connectivity index (χ3v) is 4.37. The fourth-order valence-corrected chi connectivity index (χ4v) is 3.16. The highest BCUT2D eigenvalue weighted by Gasteiger charge is 2.15. The van der Waals surface area contributed by atoms with E-state index in [1.807, 2.05) is 29.2 Å². The first-order valence-corrected chi connectivity index (χ1v) is 8.00. The highest BCUT2D eigenvalue weighted by Crippen LogP contribution is 2.17. The van der Waals surface area contributed by atoms with Gasteiger partial charge in [-0.1, -0.05) is 36.7 Å². The van der Waals surface area contributed by atoms with Crippen LogP contribution in [0.25, 0.3) is 0 Å². The molecule has 0 bridgehead atoms. The molecule has 1 saturated heterocycles. The van der Waals surface area contributed by atoms with Crippen molar-refractivity contribution in [2.45, 2.75) is 32.1 Å². The van der Waals surface area contributed by atoms with Gasteiger partial charge >= 0.3 is 0 Å². The Bertz CT molecular complexity index is 397. The number of thioether (sulfide) groups is 1. The molecule has 1 aliphatic rings. The summed E-state index contributed by atoms with van der Waals surface area (Å²) in [5, 5.41) is 0.248. The van der Waals surface area contributed by atoms with Crippen molar-refractivity contribution in [3.63, 3.8) is 0 Å². The Labute approximate surface area is 119 Å². The average Bonchev–Trinajstić information content (AvgIpc) is 2.70. The van der Waals surface area contributed by atoms with Crippen molar-refractivity contribution < 1.29 is 4.79 Å². The minimum absolute atomic E-state index is 0.248. The molecule has 0 spiro atoms. The van der Waals surface area contributed by atoms with Crippen molar-refractivity contribution in [2.75, 3.05) is 24.6 Å². The molecule has 4 heteroatoms. The number of nitrogens with two attached hydrogens (primary N) is 1. The Morgan fingerprint density at radius 3 is 2.37 bits per heavy atom. The van der Waals surface area contributed by atoms with Gasteiger partial charge in [0.15, 0.2) is 0 Å². The van der Waals surface area contributed by atoms with Crippen molar-refractivity contribution in [3.05, 3.63) is 29.8 Å². The fourth-order valence-electron chi connectivity index (χ4n) is 2.29. The number of aryl methyl sites for hydroxylation is 1. The Balaban J connectivity index is 1.72. The summed E-state index contributed by atoms with van der Waals surface area (Å²) >= 11 is 1.45. The molecular weight excluding hydrogens is 256 g/mol. The van der Waals surface area contributed by atoms with Crippen molar-refractivity contribution in [2.24, 2.45) is 0 Å². The number of nitrogens with zero attached hydrogens (tertiary/aromatic N) is 1. The molecule has 0 unspecified atom stereocenters. The van der Waals surface area contributed by atoms with Crippen LogP contribution in [0.1, 0.15) is 31.2 Å². The maximum absolute atomic E-state index is 12.1. The maximum atomic E-state index is 12.1. The Kier molecular flexibility index (Phi) is 5.58. The zero-order valence-corrected chi connectivity index (χ0v) is 12.1. The molecule has 1 aromatic rings. The molecule has 1 amide bonds. The minimum Gasteiger partial charge on any atom is -0.399 e. The Morgan fingerprint density at radius 2 is 1.74 bits per heavy atom. The molecule has 1 fully saturated rings. The molecule has 0 radical (unpaired) electrons. The summed E-state index contributed by atoms with van der Waals surface area (Å²) in [6.07, 6.45) is 5.76. The van der Waals surface area contributed by atoms with E-state index < -0.39 is 0 Å². The van der Waals surface area contributed by atoms with E-state index in [0.717, 1.165) is 43.8 Å². The summed E-state index contributed by atoms with van der Waals surface area (Å²) < 4.78 is 0. The summed E-state index contributed by atoms with van der Waals surface area (Å²) in [6, 6.07) is 7.89. The van der Waals surface area contributed by atoms with E-state index in [0.29, 0.717) is 0 Å². The quantitative estimate of drug-likeness (QED) is 0.860.